The highest BCUT2D eigenvalue weighted by molar-refractivity contribution is 5.90. The van der Waals surface area contributed by atoms with Crippen molar-refractivity contribution in [1.82, 2.24) is 0 Å². The van der Waals surface area contributed by atoms with E-state index in [1.54, 1.807) is 18.2 Å². The number of rotatable bonds is 3. The number of benzene rings is 2. The number of hydrogen-bond acceptors (Lipinski definition) is 5. The van der Waals surface area contributed by atoms with Crippen LogP contribution in [0.15, 0.2) is 57.7 Å². The van der Waals surface area contributed by atoms with Gasteiger partial charge >= 0.3 is 11.6 Å². The third kappa shape index (κ3) is 2.67. The van der Waals surface area contributed by atoms with Crippen LogP contribution < -0.4 is 15.1 Å². The minimum atomic E-state index is -0.472. The highest BCUT2D eigenvalue weighted by Crippen LogP contribution is 2.40. The summed E-state index contributed by atoms with van der Waals surface area (Å²) in [4.78, 5) is 24.7. The molecule has 0 saturated carbocycles. The van der Waals surface area contributed by atoms with Gasteiger partial charge in [-0.1, -0.05) is 24.3 Å². The first-order valence-electron chi connectivity index (χ1n) is 8.16. The van der Waals surface area contributed by atoms with Crippen LogP contribution in [0, 0.1) is 0 Å². The minimum Gasteiger partial charge on any atom is -0.494 e. The second kappa shape index (κ2) is 6.09. The van der Waals surface area contributed by atoms with Crippen LogP contribution in [0.3, 0.4) is 0 Å². The summed E-state index contributed by atoms with van der Waals surface area (Å²) in [7, 11) is 0. The molecule has 4 rings (SSSR count). The van der Waals surface area contributed by atoms with E-state index < -0.39 is 11.5 Å². The van der Waals surface area contributed by atoms with E-state index in [1.807, 2.05) is 37.3 Å². The van der Waals surface area contributed by atoms with Crippen molar-refractivity contribution in [3.8, 4) is 11.5 Å². The van der Waals surface area contributed by atoms with Gasteiger partial charge in [0.25, 0.3) is 0 Å². The lowest BCUT2D eigenvalue weighted by Crippen LogP contribution is -2.26. The predicted molar refractivity (Wildman–Crippen MR) is 92.2 cm³/mol. The molecule has 25 heavy (non-hydrogen) atoms. The van der Waals surface area contributed by atoms with Crippen molar-refractivity contribution >= 4 is 16.9 Å². The molecule has 1 aliphatic rings. The number of fused-ring (bicyclic) bond motifs is 3. The van der Waals surface area contributed by atoms with Crippen LogP contribution in [0.4, 0.5) is 0 Å². The lowest BCUT2D eigenvalue weighted by Gasteiger charge is -2.24. The van der Waals surface area contributed by atoms with Crippen molar-refractivity contribution in [1.29, 1.82) is 0 Å². The van der Waals surface area contributed by atoms with Crippen molar-refractivity contribution in [2.24, 2.45) is 0 Å². The van der Waals surface area contributed by atoms with Gasteiger partial charge in [0.1, 0.15) is 11.3 Å². The average Bonchev–Trinajstić information content (AvgIpc) is 2.62. The molecule has 0 bridgehead atoms. The van der Waals surface area contributed by atoms with E-state index in [-0.39, 0.29) is 12.4 Å². The molecule has 0 fully saturated rings. The smallest absolute Gasteiger partial charge is 0.343 e. The van der Waals surface area contributed by atoms with Gasteiger partial charge in [0.2, 0.25) is 0 Å². The van der Waals surface area contributed by atoms with Gasteiger partial charge in [0.05, 0.1) is 24.0 Å². The first kappa shape index (κ1) is 15.4. The predicted octanol–water partition coefficient (Wildman–Crippen LogP) is 3.63. The Morgan fingerprint density at radius 3 is 2.60 bits per heavy atom. The van der Waals surface area contributed by atoms with Gasteiger partial charge in [-0.25, -0.2) is 4.79 Å². The SMILES string of the molecule is CCOc1ccc(C2CC(=O)Oc3c2c(=O)oc2ccccc32)cc1. The monoisotopic (exact) mass is 336 g/mol. The maximum atomic E-state index is 12.6. The second-order valence-electron chi connectivity index (χ2n) is 5.86. The molecule has 126 valence electrons. The van der Waals surface area contributed by atoms with E-state index in [0.717, 1.165) is 11.3 Å². The minimum absolute atomic E-state index is 0.101. The van der Waals surface area contributed by atoms with E-state index in [2.05, 4.69) is 0 Å². The fraction of sp³-hybridized carbons (Fsp3) is 0.200. The van der Waals surface area contributed by atoms with Gasteiger partial charge in [-0.05, 0) is 36.8 Å². The summed E-state index contributed by atoms with van der Waals surface area (Å²) in [6.07, 6.45) is 0.101. The van der Waals surface area contributed by atoms with E-state index in [1.165, 1.54) is 0 Å². The summed E-state index contributed by atoms with van der Waals surface area (Å²) in [6, 6.07) is 14.5. The Balaban J connectivity index is 1.88. The number of hydrogen-bond donors (Lipinski definition) is 0. The van der Waals surface area contributed by atoms with E-state index in [9.17, 15) is 9.59 Å². The molecule has 0 N–H and O–H groups in total. The molecule has 1 unspecified atom stereocenters. The Morgan fingerprint density at radius 1 is 1.08 bits per heavy atom. The van der Waals surface area contributed by atoms with E-state index >= 15 is 0 Å². The lowest BCUT2D eigenvalue weighted by atomic mass is 9.86. The standard InChI is InChI=1S/C20H16O5/c1-2-23-13-9-7-12(8-10-13)15-11-17(21)25-19-14-5-3-4-6-16(14)24-20(22)18(15)19/h3-10,15H,2,11H2,1H3. The molecule has 3 aromatic rings. The van der Waals surface area contributed by atoms with Crippen LogP contribution in [0.25, 0.3) is 11.0 Å². The number of carbonyl (C=O) groups is 1. The van der Waals surface area contributed by atoms with Crippen LogP contribution in [0.1, 0.15) is 30.4 Å². The summed E-state index contributed by atoms with van der Waals surface area (Å²) >= 11 is 0. The molecule has 2 heterocycles. The molecule has 0 spiro atoms. The lowest BCUT2D eigenvalue weighted by molar-refractivity contribution is -0.135. The molecular weight excluding hydrogens is 320 g/mol. The van der Waals surface area contributed by atoms with Gasteiger partial charge in [-0.15, -0.1) is 0 Å². The molecule has 0 radical (unpaired) electrons. The fourth-order valence-electron chi connectivity index (χ4n) is 3.22. The van der Waals surface area contributed by atoms with Crippen LogP contribution in [0.5, 0.6) is 11.5 Å². The molecule has 1 aromatic heterocycles. The van der Waals surface area contributed by atoms with E-state index in [4.69, 9.17) is 13.9 Å². The molecule has 5 heteroatoms. The third-order valence-corrected chi connectivity index (χ3v) is 4.33. The highest BCUT2D eigenvalue weighted by atomic mass is 16.5. The Hall–Kier alpha value is -3.08. The summed E-state index contributed by atoms with van der Waals surface area (Å²) in [5.41, 5.74) is 1.18. The van der Waals surface area contributed by atoms with Crippen LogP contribution >= 0.6 is 0 Å². The zero-order chi connectivity index (χ0) is 17.4. The van der Waals surface area contributed by atoms with Gasteiger partial charge in [-0.2, -0.15) is 0 Å². The summed E-state index contributed by atoms with van der Waals surface area (Å²) < 4.78 is 16.3. The van der Waals surface area contributed by atoms with E-state index in [0.29, 0.717) is 28.9 Å². The number of esters is 1. The second-order valence-corrected chi connectivity index (χ2v) is 5.86. The number of ether oxygens (including phenoxy) is 2. The zero-order valence-corrected chi connectivity index (χ0v) is 13.7. The van der Waals surface area contributed by atoms with Crippen molar-refractivity contribution in [2.45, 2.75) is 19.3 Å². The maximum absolute atomic E-state index is 12.6. The Labute approximate surface area is 143 Å². The largest absolute Gasteiger partial charge is 0.494 e. The van der Waals surface area contributed by atoms with Gasteiger partial charge in [0, 0.05) is 5.92 Å². The normalized spacial score (nSPS) is 16.4. The molecule has 0 aliphatic carbocycles. The van der Waals surface area contributed by atoms with Gasteiger partial charge in [-0.3, -0.25) is 4.79 Å². The summed E-state index contributed by atoms with van der Waals surface area (Å²) in [6.45, 7) is 2.49. The van der Waals surface area contributed by atoms with Crippen molar-refractivity contribution in [3.63, 3.8) is 0 Å². The first-order valence-corrected chi connectivity index (χ1v) is 8.16. The third-order valence-electron chi connectivity index (χ3n) is 4.33. The Kier molecular flexibility index (Phi) is 3.76. The zero-order valence-electron chi connectivity index (χ0n) is 13.7. The topological polar surface area (TPSA) is 65.7 Å². The van der Waals surface area contributed by atoms with Crippen LogP contribution in [-0.4, -0.2) is 12.6 Å². The molecule has 5 nitrogen and oxygen atoms in total. The number of para-hydroxylation sites is 1. The highest BCUT2D eigenvalue weighted by Gasteiger charge is 2.33. The van der Waals surface area contributed by atoms with Crippen molar-refractivity contribution in [2.75, 3.05) is 6.61 Å². The van der Waals surface area contributed by atoms with Crippen molar-refractivity contribution < 1.29 is 18.7 Å². The molecule has 1 atom stereocenters. The number of carbonyl (C=O) groups excluding carboxylic acids is 1. The molecule has 2 aromatic carbocycles. The summed E-state index contributed by atoms with van der Waals surface area (Å²) in [5, 5.41) is 0.626. The molecule has 0 saturated heterocycles. The fourth-order valence-corrected chi connectivity index (χ4v) is 3.22. The molecule has 1 aliphatic heterocycles. The Bertz CT molecular complexity index is 1000. The van der Waals surface area contributed by atoms with Crippen molar-refractivity contribution in [3.05, 3.63) is 70.1 Å². The molecular formula is C20H16O5. The average molecular weight is 336 g/mol. The maximum Gasteiger partial charge on any atom is 0.343 e. The van der Waals surface area contributed by atoms with Gasteiger partial charge in [0.15, 0.2) is 5.75 Å². The van der Waals surface area contributed by atoms with Crippen LogP contribution in [0.2, 0.25) is 0 Å². The van der Waals surface area contributed by atoms with Gasteiger partial charge < -0.3 is 13.9 Å². The quantitative estimate of drug-likeness (QED) is 0.540. The molecule has 0 amide bonds. The Morgan fingerprint density at radius 2 is 1.84 bits per heavy atom. The summed E-state index contributed by atoms with van der Waals surface area (Å²) in [5.74, 6) is 0.298. The first-order chi connectivity index (χ1) is 12.2. The van der Waals surface area contributed by atoms with Crippen LogP contribution in [-0.2, 0) is 4.79 Å².